The standard InChI is InChI=1S/C16H28N2O3/c1-16(2,3)21-15(19)18-9-10-20-11-13(18)14(17)12-7-5-4-6-8-12/h7,13-14H,4-6,8-11,17H2,1-3H3. The maximum absolute atomic E-state index is 12.4. The lowest BCUT2D eigenvalue weighted by molar-refractivity contribution is -0.0356. The van der Waals surface area contributed by atoms with E-state index in [4.69, 9.17) is 15.2 Å². The third kappa shape index (κ3) is 4.45. The van der Waals surface area contributed by atoms with Crippen LogP contribution < -0.4 is 5.73 Å². The minimum atomic E-state index is -0.492. The van der Waals surface area contributed by atoms with Crippen molar-refractivity contribution in [1.29, 1.82) is 0 Å². The molecule has 1 amide bonds. The quantitative estimate of drug-likeness (QED) is 0.795. The summed E-state index contributed by atoms with van der Waals surface area (Å²) in [5.41, 5.74) is 7.18. The van der Waals surface area contributed by atoms with Crippen LogP contribution in [0.2, 0.25) is 0 Å². The van der Waals surface area contributed by atoms with Crippen molar-refractivity contribution in [2.24, 2.45) is 5.73 Å². The van der Waals surface area contributed by atoms with Crippen molar-refractivity contribution >= 4 is 6.09 Å². The molecule has 0 radical (unpaired) electrons. The van der Waals surface area contributed by atoms with Crippen LogP contribution in [-0.4, -0.2) is 48.4 Å². The van der Waals surface area contributed by atoms with E-state index in [0.29, 0.717) is 19.8 Å². The van der Waals surface area contributed by atoms with Gasteiger partial charge in [0.05, 0.1) is 19.3 Å². The van der Waals surface area contributed by atoms with Crippen LogP contribution in [0.1, 0.15) is 46.5 Å². The van der Waals surface area contributed by atoms with Gasteiger partial charge < -0.3 is 15.2 Å². The molecule has 0 bridgehead atoms. The van der Waals surface area contributed by atoms with Gasteiger partial charge in [-0.05, 0) is 46.5 Å². The summed E-state index contributed by atoms with van der Waals surface area (Å²) in [5, 5.41) is 0. The normalized spacial score (nSPS) is 25.2. The van der Waals surface area contributed by atoms with Crippen molar-refractivity contribution in [2.75, 3.05) is 19.8 Å². The highest BCUT2D eigenvalue weighted by Gasteiger charge is 2.35. The molecule has 1 heterocycles. The highest BCUT2D eigenvalue weighted by atomic mass is 16.6. The molecular formula is C16H28N2O3. The fourth-order valence-corrected chi connectivity index (χ4v) is 2.88. The zero-order chi connectivity index (χ0) is 15.5. The van der Waals surface area contributed by atoms with Crippen LogP contribution in [0.4, 0.5) is 4.79 Å². The van der Waals surface area contributed by atoms with E-state index in [-0.39, 0.29) is 18.2 Å². The van der Waals surface area contributed by atoms with Gasteiger partial charge in [0.25, 0.3) is 0 Å². The molecule has 1 aliphatic heterocycles. The Labute approximate surface area is 127 Å². The maximum atomic E-state index is 12.4. The average Bonchev–Trinajstić information content (AvgIpc) is 2.45. The highest BCUT2D eigenvalue weighted by Crippen LogP contribution is 2.25. The van der Waals surface area contributed by atoms with Gasteiger partial charge in [-0.3, -0.25) is 4.90 Å². The Hall–Kier alpha value is -1.07. The predicted molar refractivity (Wildman–Crippen MR) is 82.1 cm³/mol. The Morgan fingerprint density at radius 1 is 1.48 bits per heavy atom. The van der Waals surface area contributed by atoms with Crippen molar-refractivity contribution < 1.29 is 14.3 Å². The molecule has 2 N–H and O–H groups in total. The van der Waals surface area contributed by atoms with E-state index in [1.807, 2.05) is 20.8 Å². The van der Waals surface area contributed by atoms with E-state index in [0.717, 1.165) is 12.8 Å². The Morgan fingerprint density at radius 3 is 2.86 bits per heavy atom. The first-order valence-corrected chi connectivity index (χ1v) is 7.90. The molecule has 0 spiro atoms. The number of hydrogen-bond acceptors (Lipinski definition) is 4. The van der Waals surface area contributed by atoms with Crippen LogP contribution >= 0.6 is 0 Å². The summed E-state index contributed by atoms with van der Waals surface area (Å²) in [4.78, 5) is 14.1. The van der Waals surface area contributed by atoms with Gasteiger partial charge in [0.15, 0.2) is 0 Å². The molecule has 120 valence electrons. The summed E-state index contributed by atoms with van der Waals surface area (Å²) in [6.45, 7) is 7.21. The Morgan fingerprint density at radius 2 is 2.24 bits per heavy atom. The molecule has 0 saturated carbocycles. The molecule has 2 aliphatic rings. The van der Waals surface area contributed by atoms with Gasteiger partial charge in [-0.25, -0.2) is 4.79 Å². The second-order valence-electron chi connectivity index (χ2n) is 6.87. The predicted octanol–water partition coefficient (Wildman–Crippen LogP) is 2.45. The van der Waals surface area contributed by atoms with Crippen molar-refractivity contribution in [3.8, 4) is 0 Å². The first kappa shape index (κ1) is 16.3. The minimum absolute atomic E-state index is 0.127. The van der Waals surface area contributed by atoms with Crippen LogP contribution in [0.5, 0.6) is 0 Å². The third-order valence-electron chi connectivity index (χ3n) is 3.96. The van der Waals surface area contributed by atoms with Crippen LogP contribution in [0.15, 0.2) is 11.6 Å². The summed E-state index contributed by atoms with van der Waals surface area (Å²) >= 11 is 0. The number of allylic oxidation sites excluding steroid dienone is 1. The fraction of sp³-hybridized carbons (Fsp3) is 0.812. The molecule has 2 atom stereocenters. The number of carbonyl (C=O) groups excluding carboxylic acids is 1. The van der Waals surface area contributed by atoms with E-state index in [2.05, 4.69) is 6.08 Å². The Kier molecular flexibility index (Phi) is 5.27. The number of ether oxygens (including phenoxy) is 2. The first-order valence-electron chi connectivity index (χ1n) is 7.90. The summed E-state index contributed by atoms with van der Waals surface area (Å²) in [6, 6.07) is -0.281. The summed E-state index contributed by atoms with van der Waals surface area (Å²) < 4.78 is 11.0. The molecule has 5 nitrogen and oxygen atoms in total. The molecule has 5 heteroatoms. The number of hydrogen-bond donors (Lipinski definition) is 1. The van der Waals surface area contributed by atoms with Gasteiger partial charge in [0.1, 0.15) is 5.60 Å². The molecule has 1 saturated heterocycles. The number of morpholine rings is 1. The molecule has 0 aromatic carbocycles. The average molecular weight is 296 g/mol. The topological polar surface area (TPSA) is 64.8 Å². The van der Waals surface area contributed by atoms with Gasteiger partial charge in [-0.1, -0.05) is 11.6 Å². The van der Waals surface area contributed by atoms with Gasteiger partial charge in [0.2, 0.25) is 0 Å². The third-order valence-corrected chi connectivity index (χ3v) is 3.96. The van der Waals surface area contributed by atoms with Crippen molar-refractivity contribution in [1.82, 2.24) is 4.90 Å². The lowest BCUT2D eigenvalue weighted by Gasteiger charge is -2.40. The minimum Gasteiger partial charge on any atom is -0.444 e. The monoisotopic (exact) mass is 296 g/mol. The Bertz CT molecular complexity index is 401. The number of amides is 1. The second-order valence-corrected chi connectivity index (χ2v) is 6.87. The van der Waals surface area contributed by atoms with Crippen molar-refractivity contribution in [3.63, 3.8) is 0 Å². The number of nitrogens with two attached hydrogens (primary N) is 1. The van der Waals surface area contributed by atoms with Crippen LogP contribution in [-0.2, 0) is 9.47 Å². The molecule has 0 aromatic rings. The first-order chi connectivity index (χ1) is 9.88. The molecule has 2 unspecified atom stereocenters. The molecule has 21 heavy (non-hydrogen) atoms. The van der Waals surface area contributed by atoms with E-state index >= 15 is 0 Å². The van der Waals surface area contributed by atoms with Gasteiger partial charge in [0, 0.05) is 12.6 Å². The summed E-state index contributed by atoms with van der Waals surface area (Å²) in [7, 11) is 0. The highest BCUT2D eigenvalue weighted by molar-refractivity contribution is 5.69. The van der Waals surface area contributed by atoms with Crippen LogP contribution in [0.3, 0.4) is 0 Å². The number of nitrogens with zero attached hydrogens (tertiary/aromatic N) is 1. The molecule has 1 aliphatic carbocycles. The zero-order valence-corrected chi connectivity index (χ0v) is 13.4. The smallest absolute Gasteiger partial charge is 0.410 e. The van der Waals surface area contributed by atoms with E-state index < -0.39 is 5.60 Å². The lowest BCUT2D eigenvalue weighted by atomic mass is 9.90. The zero-order valence-electron chi connectivity index (χ0n) is 13.4. The fourth-order valence-electron chi connectivity index (χ4n) is 2.88. The maximum Gasteiger partial charge on any atom is 0.410 e. The SMILES string of the molecule is CC(C)(C)OC(=O)N1CCOCC1C(N)C1=CCCCC1. The van der Waals surface area contributed by atoms with Crippen molar-refractivity contribution in [2.45, 2.75) is 64.1 Å². The van der Waals surface area contributed by atoms with Crippen molar-refractivity contribution in [3.05, 3.63) is 11.6 Å². The van der Waals surface area contributed by atoms with E-state index in [9.17, 15) is 4.79 Å². The van der Waals surface area contributed by atoms with Crippen LogP contribution in [0.25, 0.3) is 0 Å². The summed E-state index contributed by atoms with van der Waals surface area (Å²) in [6.07, 6.45) is 6.47. The molecule has 1 fully saturated rings. The second kappa shape index (κ2) is 6.79. The Balaban J connectivity index is 2.07. The number of rotatable bonds is 2. The summed E-state index contributed by atoms with van der Waals surface area (Å²) in [5.74, 6) is 0. The van der Waals surface area contributed by atoms with E-state index in [1.165, 1.54) is 18.4 Å². The van der Waals surface area contributed by atoms with Gasteiger partial charge in [-0.15, -0.1) is 0 Å². The van der Waals surface area contributed by atoms with Gasteiger partial charge in [-0.2, -0.15) is 0 Å². The molecule has 2 rings (SSSR count). The lowest BCUT2D eigenvalue weighted by Crippen LogP contribution is -2.58. The number of carbonyl (C=O) groups is 1. The van der Waals surface area contributed by atoms with Crippen LogP contribution in [0, 0.1) is 0 Å². The largest absolute Gasteiger partial charge is 0.444 e. The van der Waals surface area contributed by atoms with Gasteiger partial charge >= 0.3 is 6.09 Å². The molecule has 0 aromatic heterocycles. The molecular weight excluding hydrogens is 268 g/mol. The van der Waals surface area contributed by atoms with E-state index in [1.54, 1.807) is 4.90 Å².